The number of hydrogen-bond acceptors (Lipinski definition) is 3. The molecule has 3 nitrogen and oxygen atoms in total. The summed E-state index contributed by atoms with van der Waals surface area (Å²) in [5, 5.41) is 3.49. The van der Waals surface area contributed by atoms with Gasteiger partial charge in [-0.25, -0.2) is 8.42 Å². The molecule has 1 N–H and O–H groups in total. The summed E-state index contributed by atoms with van der Waals surface area (Å²) in [6.07, 6.45) is 10.2. The highest BCUT2D eigenvalue weighted by Gasteiger charge is 2.18. The molecule has 17 heavy (non-hydrogen) atoms. The minimum atomic E-state index is -2.79. The van der Waals surface area contributed by atoms with Crippen molar-refractivity contribution in [2.45, 2.75) is 57.9 Å². The van der Waals surface area contributed by atoms with Crippen molar-refractivity contribution < 1.29 is 8.42 Å². The SMILES string of the molecule is C[C@H](NCCCS(C)(=O)=O)C1CCCCCC1. The van der Waals surface area contributed by atoms with Crippen molar-refractivity contribution in [1.82, 2.24) is 5.32 Å². The fourth-order valence-electron chi connectivity index (χ4n) is 2.64. The standard InChI is InChI=1S/C13H27NO2S/c1-12(13-8-5-3-4-6-9-13)14-10-7-11-17(2,15)16/h12-14H,3-11H2,1-2H3/t12-/m0/s1. The van der Waals surface area contributed by atoms with Crippen LogP contribution in [0.4, 0.5) is 0 Å². The average molecular weight is 261 g/mol. The highest BCUT2D eigenvalue weighted by Crippen LogP contribution is 2.25. The molecule has 0 heterocycles. The Kier molecular flexibility index (Phi) is 6.49. The number of sulfone groups is 1. The molecule has 1 saturated carbocycles. The highest BCUT2D eigenvalue weighted by molar-refractivity contribution is 7.90. The van der Waals surface area contributed by atoms with E-state index in [1.807, 2.05) is 0 Å². The summed E-state index contributed by atoms with van der Waals surface area (Å²) in [6, 6.07) is 0.535. The molecule has 0 unspecified atom stereocenters. The Morgan fingerprint density at radius 2 is 1.76 bits per heavy atom. The third-order valence-corrected chi connectivity index (χ3v) is 4.80. The lowest BCUT2D eigenvalue weighted by Gasteiger charge is -2.23. The zero-order valence-corrected chi connectivity index (χ0v) is 12.1. The molecule has 1 atom stereocenters. The minimum absolute atomic E-state index is 0.303. The van der Waals surface area contributed by atoms with Gasteiger partial charge < -0.3 is 5.32 Å². The van der Waals surface area contributed by atoms with Crippen LogP contribution in [-0.2, 0) is 9.84 Å². The van der Waals surface area contributed by atoms with Crippen molar-refractivity contribution in [3.63, 3.8) is 0 Å². The van der Waals surface area contributed by atoms with Gasteiger partial charge in [-0.2, -0.15) is 0 Å². The topological polar surface area (TPSA) is 46.2 Å². The molecule has 0 aromatic rings. The van der Waals surface area contributed by atoms with E-state index in [9.17, 15) is 8.42 Å². The minimum Gasteiger partial charge on any atom is -0.314 e. The van der Waals surface area contributed by atoms with Crippen molar-refractivity contribution in [2.24, 2.45) is 5.92 Å². The van der Waals surface area contributed by atoms with Gasteiger partial charge in [0.05, 0.1) is 5.75 Å². The molecule has 1 aliphatic carbocycles. The summed E-state index contributed by atoms with van der Waals surface area (Å²) >= 11 is 0. The Balaban J connectivity index is 2.17. The van der Waals surface area contributed by atoms with E-state index in [2.05, 4.69) is 12.2 Å². The van der Waals surface area contributed by atoms with E-state index >= 15 is 0 Å². The highest BCUT2D eigenvalue weighted by atomic mass is 32.2. The van der Waals surface area contributed by atoms with Crippen molar-refractivity contribution in [3.05, 3.63) is 0 Å². The fourth-order valence-corrected chi connectivity index (χ4v) is 3.31. The summed E-state index contributed by atoms with van der Waals surface area (Å²) in [6.45, 7) is 3.07. The zero-order chi connectivity index (χ0) is 12.7. The van der Waals surface area contributed by atoms with Crippen LogP contribution in [0.1, 0.15) is 51.9 Å². The monoisotopic (exact) mass is 261 g/mol. The second-order valence-electron chi connectivity index (χ2n) is 5.48. The van der Waals surface area contributed by atoms with Gasteiger partial charge in [0, 0.05) is 12.3 Å². The van der Waals surface area contributed by atoms with Gasteiger partial charge >= 0.3 is 0 Å². The Morgan fingerprint density at radius 3 is 2.29 bits per heavy atom. The number of hydrogen-bond donors (Lipinski definition) is 1. The van der Waals surface area contributed by atoms with Crippen LogP contribution < -0.4 is 5.32 Å². The Labute approximate surface area is 106 Å². The van der Waals surface area contributed by atoms with Crippen molar-refractivity contribution >= 4 is 9.84 Å². The molecule has 0 aromatic heterocycles. The molecule has 1 rings (SSSR count). The third kappa shape index (κ3) is 7.04. The van der Waals surface area contributed by atoms with Crippen LogP contribution in [0.25, 0.3) is 0 Å². The first-order chi connectivity index (χ1) is 7.99. The van der Waals surface area contributed by atoms with Gasteiger partial charge in [0.15, 0.2) is 0 Å². The van der Waals surface area contributed by atoms with E-state index in [0.717, 1.165) is 18.9 Å². The second-order valence-corrected chi connectivity index (χ2v) is 7.74. The summed E-state index contributed by atoms with van der Waals surface area (Å²) in [7, 11) is -2.79. The van der Waals surface area contributed by atoms with Crippen LogP contribution in [0, 0.1) is 5.92 Å². The molecule has 0 saturated heterocycles. The number of rotatable bonds is 6. The van der Waals surface area contributed by atoms with Gasteiger partial charge in [0.25, 0.3) is 0 Å². The van der Waals surface area contributed by atoms with E-state index in [1.54, 1.807) is 0 Å². The maximum absolute atomic E-state index is 11.0. The van der Waals surface area contributed by atoms with Crippen molar-refractivity contribution in [3.8, 4) is 0 Å². The smallest absolute Gasteiger partial charge is 0.147 e. The van der Waals surface area contributed by atoms with E-state index < -0.39 is 9.84 Å². The first-order valence-electron chi connectivity index (χ1n) is 6.90. The lowest BCUT2D eigenvalue weighted by Crippen LogP contribution is -2.34. The van der Waals surface area contributed by atoms with Crippen LogP contribution in [0.15, 0.2) is 0 Å². The molecule has 0 aromatic carbocycles. The van der Waals surface area contributed by atoms with Crippen LogP contribution >= 0.6 is 0 Å². The molecule has 102 valence electrons. The second kappa shape index (κ2) is 7.37. The third-order valence-electron chi connectivity index (χ3n) is 3.77. The molecule has 1 aliphatic rings. The van der Waals surface area contributed by atoms with Crippen LogP contribution in [-0.4, -0.2) is 33.0 Å². The Bertz CT molecular complexity index is 293. The molecule has 0 spiro atoms. The molecule has 0 amide bonds. The molecule has 0 radical (unpaired) electrons. The van der Waals surface area contributed by atoms with Gasteiger partial charge in [0.1, 0.15) is 9.84 Å². The molecular weight excluding hydrogens is 234 g/mol. The van der Waals surface area contributed by atoms with E-state index in [4.69, 9.17) is 0 Å². The normalized spacial score (nSPS) is 21.1. The van der Waals surface area contributed by atoms with Gasteiger partial charge in [-0.05, 0) is 38.6 Å². The first kappa shape index (κ1) is 15.0. The molecular formula is C13H27NO2S. The van der Waals surface area contributed by atoms with Gasteiger partial charge in [-0.1, -0.05) is 25.7 Å². The maximum atomic E-state index is 11.0. The maximum Gasteiger partial charge on any atom is 0.147 e. The first-order valence-corrected chi connectivity index (χ1v) is 8.96. The lowest BCUT2D eigenvalue weighted by atomic mass is 9.93. The van der Waals surface area contributed by atoms with Gasteiger partial charge in [-0.3, -0.25) is 0 Å². The summed E-state index contributed by atoms with van der Waals surface area (Å²) in [5.74, 6) is 1.09. The molecule has 4 heteroatoms. The summed E-state index contributed by atoms with van der Waals surface area (Å²) in [5.41, 5.74) is 0. The largest absolute Gasteiger partial charge is 0.314 e. The Morgan fingerprint density at radius 1 is 1.18 bits per heavy atom. The zero-order valence-electron chi connectivity index (χ0n) is 11.2. The number of nitrogens with one attached hydrogen (secondary N) is 1. The molecule has 0 bridgehead atoms. The average Bonchev–Trinajstić information content (AvgIpc) is 2.51. The van der Waals surface area contributed by atoms with E-state index in [-0.39, 0.29) is 0 Å². The van der Waals surface area contributed by atoms with Gasteiger partial charge in [0.2, 0.25) is 0 Å². The predicted octanol–water partition coefficient (Wildman–Crippen LogP) is 2.37. The molecule has 0 aliphatic heterocycles. The quantitative estimate of drug-likeness (QED) is 0.590. The van der Waals surface area contributed by atoms with E-state index in [0.29, 0.717) is 11.8 Å². The van der Waals surface area contributed by atoms with Gasteiger partial charge in [-0.15, -0.1) is 0 Å². The van der Waals surface area contributed by atoms with Crippen LogP contribution in [0.5, 0.6) is 0 Å². The van der Waals surface area contributed by atoms with Crippen LogP contribution in [0.3, 0.4) is 0 Å². The van der Waals surface area contributed by atoms with Crippen LogP contribution in [0.2, 0.25) is 0 Å². The Hall–Kier alpha value is -0.0900. The fraction of sp³-hybridized carbons (Fsp3) is 1.00. The predicted molar refractivity (Wildman–Crippen MR) is 73.0 cm³/mol. The van der Waals surface area contributed by atoms with Crippen molar-refractivity contribution in [2.75, 3.05) is 18.6 Å². The summed E-state index contributed by atoms with van der Waals surface area (Å²) in [4.78, 5) is 0. The van der Waals surface area contributed by atoms with Crippen molar-refractivity contribution in [1.29, 1.82) is 0 Å². The lowest BCUT2D eigenvalue weighted by molar-refractivity contribution is 0.339. The van der Waals surface area contributed by atoms with E-state index in [1.165, 1.54) is 44.8 Å². The summed E-state index contributed by atoms with van der Waals surface area (Å²) < 4.78 is 22.0. The molecule has 1 fully saturated rings.